The van der Waals surface area contributed by atoms with Crippen LogP contribution in [-0.4, -0.2) is 19.9 Å². The lowest BCUT2D eigenvalue weighted by atomic mass is 10.2. The second-order valence-electron chi connectivity index (χ2n) is 6.88. The van der Waals surface area contributed by atoms with Crippen LogP contribution < -0.4 is 0 Å². The molecule has 25 heavy (non-hydrogen) atoms. The summed E-state index contributed by atoms with van der Waals surface area (Å²) in [6.07, 6.45) is 1.80. The van der Waals surface area contributed by atoms with Gasteiger partial charge in [0.05, 0.1) is 22.1 Å². The van der Waals surface area contributed by atoms with E-state index in [2.05, 4.69) is 77.7 Å². The zero-order chi connectivity index (χ0) is 17.6. The quantitative estimate of drug-likeness (QED) is 0.492. The molecule has 2 N–H and O–H groups in total. The first-order chi connectivity index (χ1) is 12.0. The van der Waals surface area contributed by atoms with Crippen LogP contribution in [0.2, 0.25) is 0 Å². The van der Waals surface area contributed by atoms with Gasteiger partial charge in [-0.3, -0.25) is 0 Å². The van der Waals surface area contributed by atoms with Gasteiger partial charge in [-0.2, -0.15) is 0 Å². The van der Waals surface area contributed by atoms with Crippen LogP contribution in [-0.2, 0) is 0 Å². The van der Waals surface area contributed by atoms with Crippen LogP contribution >= 0.6 is 11.3 Å². The fourth-order valence-corrected chi connectivity index (χ4v) is 3.65. The monoisotopic (exact) mass is 348 g/mol. The van der Waals surface area contributed by atoms with Gasteiger partial charge in [-0.1, -0.05) is 27.7 Å². The number of rotatable bonds is 2. The molecule has 0 atom stereocenters. The molecule has 0 fully saturated rings. The minimum absolute atomic E-state index is 0.381. The maximum Gasteiger partial charge on any atom is 0.110 e. The number of thiophene rings is 1. The molecule has 0 saturated carbocycles. The Morgan fingerprint density at radius 3 is 2.48 bits per heavy atom. The van der Waals surface area contributed by atoms with Crippen molar-refractivity contribution in [1.29, 1.82) is 0 Å². The Bertz CT molecular complexity index is 1060. The largest absolute Gasteiger partial charge is 0.342 e. The zero-order valence-corrected chi connectivity index (χ0v) is 15.6. The van der Waals surface area contributed by atoms with E-state index in [4.69, 9.17) is 0 Å². The molecule has 0 spiro atoms. The van der Waals surface area contributed by atoms with Crippen molar-refractivity contribution in [1.82, 2.24) is 19.9 Å². The Morgan fingerprint density at radius 1 is 0.960 bits per heavy atom. The summed E-state index contributed by atoms with van der Waals surface area (Å²) < 4.78 is 1.21. The Labute approximate surface area is 150 Å². The van der Waals surface area contributed by atoms with Crippen LogP contribution in [0.5, 0.6) is 0 Å². The molecule has 0 amide bonds. The highest BCUT2D eigenvalue weighted by molar-refractivity contribution is 7.19. The van der Waals surface area contributed by atoms with Crippen LogP contribution in [0.15, 0.2) is 24.4 Å². The molecule has 0 aliphatic carbocycles. The van der Waals surface area contributed by atoms with Crippen molar-refractivity contribution in [3.8, 4) is 11.8 Å². The van der Waals surface area contributed by atoms with Gasteiger partial charge in [0.25, 0.3) is 0 Å². The molecule has 5 heteroatoms. The molecule has 0 radical (unpaired) electrons. The number of hydrogen-bond donors (Lipinski definition) is 2. The first kappa shape index (κ1) is 15.9. The number of aromatic nitrogens is 4. The summed E-state index contributed by atoms with van der Waals surface area (Å²) in [5.74, 6) is 9.21. The van der Waals surface area contributed by atoms with E-state index in [1.54, 1.807) is 17.5 Å². The SMILES string of the molecule is CC(C)c1ncc(C#Cc2cc3cc4[nH]c(C(C)C)nc4cc3s2)[nH]1. The van der Waals surface area contributed by atoms with Crippen molar-refractivity contribution < 1.29 is 0 Å². The Hall–Kier alpha value is -2.58. The first-order valence-corrected chi connectivity index (χ1v) is 9.31. The summed E-state index contributed by atoms with van der Waals surface area (Å²) in [5, 5.41) is 1.20. The molecule has 0 unspecified atom stereocenters. The van der Waals surface area contributed by atoms with E-state index in [1.807, 2.05) is 0 Å². The van der Waals surface area contributed by atoms with E-state index in [1.165, 1.54) is 10.1 Å². The minimum atomic E-state index is 0.381. The predicted octanol–water partition coefficient (Wildman–Crippen LogP) is 5.15. The molecule has 126 valence electrons. The van der Waals surface area contributed by atoms with E-state index in [-0.39, 0.29) is 0 Å². The van der Waals surface area contributed by atoms with Crippen molar-refractivity contribution in [3.05, 3.63) is 46.6 Å². The topological polar surface area (TPSA) is 57.4 Å². The van der Waals surface area contributed by atoms with Gasteiger partial charge < -0.3 is 9.97 Å². The lowest BCUT2D eigenvalue weighted by Crippen LogP contribution is -1.89. The summed E-state index contributed by atoms with van der Waals surface area (Å²) in [4.78, 5) is 16.8. The van der Waals surface area contributed by atoms with Crippen molar-refractivity contribution in [3.63, 3.8) is 0 Å². The summed E-state index contributed by atoms with van der Waals surface area (Å²) >= 11 is 1.70. The van der Waals surface area contributed by atoms with Crippen LogP contribution in [0.25, 0.3) is 21.1 Å². The number of nitrogens with zero attached hydrogens (tertiary/aromatic N) is 2. The second-order valence-corrected chi connectivity index (χ2v) is 7.97. The van der Waals surface area contributed by atoms with Crippen molar-refractivity contribution in [2.45, 2.75) is 39.5 Å². The molecule has 0 aliphatic rings. The maximum absolute atomic E-state index is 4.69. The molecule has 4 aromatic rings. The molecular formula is C20H20N4S. The number of H-pyrrole nitrogens is 2. The average molecular weight is 348 g/mol. The first-order valence-electron chi connectivity index (χ1n) is 8.49. The van der Waals surface area contributed by atoms with Gasteiger partial charge in [-0.25, -0.2) is 9.97 Å². The molecule has 3 heterocycles. The Balaban J connectivity index is 1.68. The highest BCUT2D eigenvalue weighted by Crippen LogP contribution is 2.29. The molecular weight excluding hydrogens is 328 g/mol. The third-order valence-corrected chi connectivity index (χ3v) is 5.16. The normalized spacial score (nSPS) is 11.6. The van der Waals surface area contributed by atoms with Gasteiger partial charge in [0.15, 0.2) is 0 Å². The Morgan fingerprint density at radius 2 is 1.76 bits per heavy atom. The van der Waals surface area contributed by atoms with Gasteiger partial charge in [-0.15, -0.1) is 11.3 Å². The number of imidazole rings is 2. The molecule has 0 bridgehead atoms. The molecule has 4 nitrogen and oxygen atoms in total. The summed E-state index contributed by atoms with van der Waals surface area (Å²) in [6, 6.07) is 6.45. The van der Waals surface area contributed by atoms with Gasteiger partial charge in [0, 0.05) is 16.5 Å². The standard InChI is InChI=1S/C20H20N4S/c1-11(2)19-21-10-14(22-19)5-6-15-7-13-8-16-17(9-18(13)25-15)24-20(23-16)12(3)4/h7-12H,1-4H3,(H,21,22)(H,23,24). The third kappa shape index (κ3) is 3.06. The number of fused-ring (bicyclic) bond motifs is 2. The number of hydrogen-bond acceptors (Lipinski definition) is 3. The van der Waals surface area contributed by atoms with Gasteiger partial charge >= 0.3 is 0 Å². The predicted molar refractivity (Wildman–Crippen MR) is 104 cm³/mol. The molecule has 3 aromatic heterocycles. The summed E-state index contributed by atoms with van der Waals surface area (Å²) in [7, 11) is 0. The van der Waals surface area contributed by atoms with Crippen LogP contribution in [0.1, 0.15) is 61.8 Å². The lowest BCUT2D eigenvalue weighted by Gasteiger charge is -1.95. The maximum atomic E-state index is 4.69. The summed E-state index contributed by atoms with van der Waals surface area (Å²) in [5.41, 5.74) is 2.97. The van der Waals surface area contributed by atoms with Crippen LogP contribution in [0, 0.1) is 11.8 Å². The fraction of sp³-hybridized carbons (Fsp3) is 0.300. The van der Waals surface area contributed by atoms with E-state index in [0.717, 1.165) is 33.3 Å². The number of benzene rings is 1. The van der Waals surface area contributed by atoms with Gasteiger partial charge in [-0.05, 0) is 35.4 Å². The third-order valence-electron chi connectivity index (χ3n) is 4.15. The molecule has 1 aromatic carbocycles. The van der Waals surface area contributed by atoms with E-state index >= 15 is 0 Å². The highest BCUT2D eigenvalue weighted by atomic mass is 32.1. The highest BCUT2D eigenvalue weighted by Gasteiger charge is 2.09. The molecule has 4 rings (SSSR count). The summed E-state index contributed by atoms with van der Waals surface area (Å²) in [6.45, 7) is 8.52. The van der Waals surface area contributed by atoms with Gasteiger partial charge in [0.1, 0.15) is 17.3 Å². The average Bonchev–Trinajstić information content (AvgIpc) is 3.27. The number of aromatic amines is 2. The van der Waals surface area contributed by atoms with E-state index < -0.39 is 0 Å². The van der Waals surface area contributed by atoms with E-state index in [0.29, 0.717) is 11.8 Å². The van der Waals surface area contributed by atoms with Crippen molar-refractivity contribution in [2.24, 2.45) is 0 Å². The molecule has 0 aliphatic heterocycles. The number of nitrogens with one attached hydrogen (secondary N) is 2. The van der Waals surface area contributed by atoms with Crippen molar-refractivity contribution >= 4 is 32.5 Å². The van der Waals surface area contributed by atoms with Gasteiger partial charge in [0.2, 0.25) is 0 Å². The van der Waals surface area contributed by atoms with Crippen LogP contribution in [0.4, 0.5) is 0 Å². The van der Waals surface area contributed by atoms with Crippen LogP contribution in [0.3, 0.4) is 0 Å². The minimum Gasteiger partial charge on any atom is -0.342 e. The molecule has 0 saturated heterocycles. The second kappa shape index (κ2) is 6.05. The smallest absolute Gasteiger partial charge is 0.110 e. The van der Waals surface area contributed by atoms with E-state index in [9.17, 15) is 0 Å². The zero-order valence-electron chi connectivity index (χ0n) is 14.8. The van der Waals surface area contributed by atoms with Crippen molar-refractivity contribution in [2.75, 3.05) is 0 Å². The lowest BCUT2D eigenvalue weighted by molar-refractivity contribution is 0.793. The fourth-order valence-electron chi connectivity index (χ4n) is 2.72. The Kier molecular flexibility index (Phi) is 3.85.